The third-order valence-corrected chi connectivity index (χ3v) is 4.12. The van der Waals surface area contributed by atoms with E-state index < -0.39 is 5.60 Å². The first-order valence-corrected chi connectivity index (χ1v) is 6.84. The average molecular weight is 258 g/mol. The zero-order valence-electron chi connectivity index (χ0n) is 11.1. The number of para-hydroxylation sites is 1. The SMILES string of the molecule is COC1(C(=O)c2cc3ccccc3o2)CCCCC1. The van der Waals surface area contributed by atoms with Crippen molar-refractivity contribution in [3.05, 3.63) is 36.1 Å². The first-order chi connectivity index (χ1) is 9.25. The van der Waals surface area contributed by atoms with E-state index in [1.54, 1.807) is 7.11 Å². The second-order valence-corrected chi connectivity index (χ2v) is 5.24. The topological polar surface area (TPSA) is 39.4 Å². The van der Waals surface area contributed by atoms with Crippen LogP contribution in [0.4, 0.5) is 0 Å². The van der Waals surface area contributed by atoms with Crippen LogP contribution in [0.5, 0.6) is 0 Å². The number of carbonyl (C=O) groups excluding carboxylic acids is 1. The van der Waals surface area contributed by atoms with Gasteiger partial charge >= 0.3 is 0 Å². The normalized spacial score (nSPS) is 18.6. The summed E-state index contributed by atoms with van der Waals surface area (Å²) in [7, 11) is 1.63. The largest absolute Gasteiger partial charge is 0.453 e. The molecule has 1 aliphatic rings. The highest BCUT2D eigenvalue weighted by Crippen LogP contribution is 2.35. The molecule has 1 fully saturated rings. The zero-order chi connectivity index (χ0) is 13.3. The molecular formula is C16H18O3. The van der Waals surface area contributed by atoms with E-state index in [4.69, 9.17) is 9.15 Å². The van der Waals surface area contributed by atoms with Gasteiger partial charge < -0.3 is 9.15 Å². The van der Waals surface area contributed by atoms with Gasteiger partial charge in [0.25, 0.3) is 0 Å². The first kappa shape index (κ1) is 12.4. The quantitative estimate of drug-likeness (QED) is 0.782. The lowest BCUT2D eigenvalue weighted by molar-refractivity contribution is -0.0210. The molecule has 0 atom stereocenters. The average Bonchev–Trinajstić information content (AvgIpc) is 2.91. The summed E-state index contributed by atoms with van der Waals surface area (Å²) in [4.78, 5) is 12.7. The number of hydrogen-bond acceptors (Lipinski definition) is 3. The van der Waals surface area contributed by atoms with Crippen LogP contribution in [-0.4, -0.2) is 18.5 Å². The molecule has 0 amide bonds. The molecule has 3 rings (SSSR count). The maximum atomic E-state index is 12.7. The minimum Gasteiger partial charge on any atom is -0.453 e. The van der Waals surface area contributed by atoms with Crippen LogP contribution < -0.4 is 0 Å². The van der Waals surface area contributed by atoms with Crippen LogP contribution >= 0.6 is 0 Å². The number of ketones is 1. The molecule has 1 saturated carbocycles. The summed E-state index contributed by atoms with van der Waals surface area (Å²) < 4.78 is 11.3. The van der Waals surface area contributed by atoms with Crippen LogP contribution in [0.2, 0.25) is 0 Å². The van der Waals surface area contributed by atoms with E-state index >= 15 is 0 Å². The van der Waals surface area contributed by atoms with Crippen molar-refractivity contribution in [2.45, 2.75) is 37.7 Å². The number of carbonyl (C=O) groups is 1. The molecule has 0 radical (unpaired) electrons. The van der Waals surface area contributed by atoms with Gasteiger partial charge in [0, 0.05) is 12.5 Å². The van der Waals surface area contributed by atoms with Crippen LogP contribution in [0, 0.1) is 0 Å². The fourth-order valence-electron chi connectivity index (χ4n) is 2.97. The maximum absolute atomic E-state index is 12.7. The highest BCUT2D eigenvalue weighted by Gasteiger charge is 2.41. The van der Waals surface area contributed by atoms with E-state index in [1.807, 2.05) is 30.3 Å². The van der Waals surface area contributed by atoms with E-state index in [0.717, 1.165) is 36.7 Å². The highest BCUT2D eigenvalue weighted by atomic mass is 16.5. The Bertz CT molecular complexity index is 558. The molecule has 0 spiro atoms. The lowest BCUT2D eigenvalue weighted by atomic mass is 9.80. The van der Waals surface area contributed by atoms with E-state index in [1.165, 1.54) is 6.42 Å². The third kappa shape index (κ3) is 2.08. The van der Waals surface area contributed by atoms with Gasteiger partial charge in [-0.25, -0.2) is 0 Å². The number of Topliss-reactive ketones (excluding diaryl/α,β-unsaturated/α-hetero) is 1. The summed E-state index contributed by atoms with van der Waals surface area (Å²) in [5.74, 6) is 0.413. The second-order valence-electron chi connectivity index (χ2n) is 5.24. The Morgan fingerprint density at radius 3 is 2.63 bits per heavy atom. The summed E-state index contributed by atoms with van der Waals surface area (Å²) in [6.07, 6.45) is 4.84. The van der Waals surface area contributed by atoms with E-state index in [9.17, 15) is 4.79 Å². The predicted octanol–water partition coefficient (Wildman–Crippen LogP) is 3.96. The van der Waals surface area contributed by atoms with Crippen molar-refractivity contribution in [1.29, 1.82) is 0 Å². The van der Waals surface area contributed by atoms with Crippen molar-refractivity contribution in [2.75, 3.05) is 7.11 Å². The van der Waals surface area contributed by atoms with Crippen LogP contribution in [0.25, 0.3) is 11.0 Å². The van der Waals surface area contributed by atoms with E-state index in [0.29, 0.717) is 5.76 Å². The Morgan fingerprint density at radius 2 is 1.95 bits per heavy atom. The molecule has 3 nitrogen and oxygen atoms in total. The van der Waals surface area contributed by atoms with Crippen molar-refractivity contribution in [1.82, 2.24) is 0 Å². The fraction of sp³-hybridized carbons (Fsp3) is 0.438. The first-order valence-electron chi connectivity index (χ1n) is 6.84. The molecule has 0 unspecified atom stereocenters. The summed E-state index contributed by atoms with van der Waals surface area (Å²) in [5, 5.41) is 0.966. The van der Waals surface area contributed by atoms with Gasteiger partial charge in [-0.1, -0.05) is 37.5 Å². The maximum Gasteiger partial charge on any atom is 0.229 e. The minimum absolute atomic E-state index is 0.00843. The Kier molecular flexibility index (Phi) is 3.15. The lowest BCUT2D eigenvalue weighted by Gasteiger charge is -2.33. The Morgan fingerprint density at radius 1 is 1.21 bits per heavy atom. The molecule has 100 valence electrons. The van der Waals surface area contributed by atoms with Gasteiger partial charge in [0.1, 0.15) is 11.2 Å². The van der Waals surface area contributed by atoms with Crippen LogP contribution in [0.15, 0.2) is 34.7 Å². The molecule has 2 aromatic rings. The molecule has 0 bridgehead atoms. The van der Waals surface area contributed by atoms with Crippen molar-refractivity contribution in [3.8, 4) is 0 Å². The van der Waals surface area contributed by atoms with Gasteiger partial charge in [-0.3, -0.25) is 4.79 Å². The summed E-state index contributed by atoms with van der Waals surface area (Å²) in [6, 6.07) is 9.51. The van der Waals surface area contributed by atoms with Crippen molar-refractivity contribution in [2.24, 2.45) is 0 Å². The number of rotatable bonds is 3. The smallest absolute Gasteiger partial charge is 0.229 e. The Labute approximate surface area is 112 Å². The molecule has 0 aliphatic heterocycles. The zero-order valence-corrected chi connectivity index (χ0v) is 11.1. The third-order valence-electron chi connectivity index (χ3n) is 4.12. The standard InChI is InChI=1S/C16H18O3/c1-18-16(9-5-2-6-10-16)15(17)14-11-12-7-3-4-8-13(12)19-14/h3-4,7-8,11H,2,5-6,9-10H2,1H3. The molecule has 0 N–H and O–H groups in total. The number of fused-ring (bicyclic) bond motifs is 1. The van der Waals surface area contributed by atoms with Gasteiger partial charge in [-0.15, -0.1) is 0 Å². The Balaban J connectivity index is 1.97. The molecule has 1 aliphatic carbocycles. The van der Waals surface area contributed by atoms with Crippen LogP contribution in [0.3, 0.4) is 0 Å². The molecule has 1 aromatic heterocycles. The van der Waals surface area contributed by atoms with Gasteiger partial charge in [-0.2, -0.15) is 0 Å². The van der Waals surface area contributed by atoms with Crippen LogP contribution in [0.1, 0.15) is 42.7 Å². The second kappa shape index (κ2) is 4.82. The van der Waals surface area contributed by atoms with E-state index in [2.05, 4.69) is 0 Å². The molecular weight excluding hydrogens is 240 g/mol. The number of ether oxygens (including phenoxy) is 1. The van der Waals surface area contributed by atoms with Crippen LogP contribution in [-0.2, 0) is 4.74 Å². The monoisotopic (exact) mass is 258 g/mol. The molecule has 1 aromatic carbocycles. The number of hydrogen-bond donors (Lipinski definition) is 0. The Hall–Kier alpha value is -1.61. The van der Waals surface area contributed by atoms with Gasteiger partial charge in [0.2, 0.25) is 5.78 Å². The van der Waals surface area contributed by atoms with Gasteiger partial charge in [0.05, 0.1) is 0 Å². The molecule has 1 heterocycles. The molecule has 0 saturated heterocycles. The molecule has 3 heteroatoms. The predicted molar refractivity (Wildman–Crippen MR) is 73.4 cm³/mol. The number of furan rings is 1. The fourth-order valence-corrected chi connectivity index (χ4v) is 2.97. The van der Waals surface area contributed by atoms with Crippen molar-refractivity contribution in [3.63, 3.8) is 0 Å². The van der Waals surface area contributed by atoms with Gasteiger partial charge in [0.15, 0.2) is 5.76 Å². The summed E-state index contributed by atoms with van der Waals surface area (Å²) in [5.41, 5.74) is 0.0828. The highest BCUT2D eigenvalue weighted by molar-refractivity contribution is 6.03. The van der Waals surface area contributed by atoms with Crippen molar-refractivity contribution >= 4 is 16.8 Å². The minimum atomic E-state index is -0.674. The van der Waals surface area contributed by atoms with Gasteiger partial charge in [-0.05, 0) is 25.0 Å². The summed E-state index contributed by atoms with van der Waals surface area (Å²) >= 11 is 0. The summed E-state index contributed by atoms with van der Waals surface area (Å²) in [6.45, 7) is 0. The van der Waals surface area contributed by atoms with Crippen molar-refractivity contribution < 1.29 is 13.9 Å². The van der Waals surface area contributed by atoms with E-state index in [-0.39, 0.29) is 5.78 Å². The number of benzene rings is 1. The number of methoxy groups -OCH3 is 1. The lowest BCUT2D eigenvalue weighted by Crippen LogP contribution is -2.42. The molecule has 19 heavy (non-hydrogen) atoms.